The van der Waals surface area contributed by atoms with Crippen molar-refractivity contribution in [2.24, 2.45) is 0 Å². The minimum absolute atomic E-state index is 0.0438. The number of anilines is 1. The minimum Gasteiger partial charge on any atom is -0.444 e. The first-order chi connectivity index (χ1) is 10.2. The van der Waals surface area contributed by atoms with Gasteiger partial charge >= 0.3 is 11.8 Å². The molecule has 1 amide bonds. The average molecular weight is 332 g/mol. The maximum absolute atomic E-state index is 11.4. The number of hydrogen-bond acceptors (Lipinski definition) is 7. The van der Waals surface area contributed by atoms with Gasteiger partial charge in [-0.2, -0.15) is 4.98 Å². The summed E-state index contributed by atoms with van der Waals surface area (Å²) >= 11 is 5.61. The van der Waals surface area contributed by atoms with Crippen LogP contribution in [0.25, 0.3) is 0 Å². The molecule has 2 N–H and O–H groups in total. The van der Waals surface area contributed by atoms with Gasteiger partial charge in [0.05, 0.1) is 4.92 Å². The highest BCUT2D eigenvalue weighted by molar-refractivity contribution is 6.28. The maximum atomic E-state index is 11.4. The van der Waals surface area contributed by atoms with Crippen LogP contribution in [0.1, 0.15) is 27.2 Å². The number of carbonyl (C=O) groups is 1. The number of alkyl carbamates (subject to hydrolysis) is 1. The van der Waals surface area contributed by atoms with Crippen LogP contribution in [0.5, 0.6) is 0 Å². The van der Waals surface area contributed by atoms with E-state index in [2.05, 4.69) is 20.6 Å². The zero-order valence-electron chi connectivity index (χ0n) is 12.6. The van der Waals surface area contributed by atoms with E-state index in [1.54, 1.807) is 20.8 Å². The predicted octanol–water partition coefficient (Wildman–Crippen LogP) is 2.36. The quantitative estimate of drug-likeness (QED) is 0.355. The van der Waals surface area contributed by atoms with Gasteiger partial charge in [-0.05, 0) is 38.8 Å². The van der Waals surface area contributed by atoms with Gasteiger partial charge in [0, 0.05) is 13.1 Å². The van der Waals surface area contributed by atoms with Crippen LogP contribution in [-0.4, -0.2) is 39.7 Å². The van der Waals surface area contributed by atoms with Crippen LogP contribution in [0, 0.1) is 10.1 Å². The van der Waals surface area contributed by atoms with Gasteiger partial charge in [0.25, 0.3) is 0 Å². The number of halogens is 1. The Morgan fingerprint density at radius 1 is 1.45 bits per heavy atom. The van der Waals surface area contributed by atoms with Crippen molar-refractivity contribution in [1.29, 1.82) is 0 Å². The number of ether oxygens (including phenoxy) is 1. The molecule has 10 heteroatoms. The summed E-state index contributed by atoms with van der Waals surface area (Å²) in [4.78, 5) is 28.9. The molecule has 0 radical (unpaired) electrons. The zero-order chi connectivity index (χ0) is 16.8. The van der Waals surface area contributed by atoms with Crippen molar-refractivity contribution >= 4 is 29.2 Å². The molecule has 22 heavy (non-hydrogen) atoms. The van der Waals surface area contributed by atoms with Gasteiger partial charge in [-0.15, -0.1) is 0 Å². The highest BCUT2D eigenvalue weighted by Crippen LogP contribution is 2.21. The third kappa shape index (κ3) is 6.53. The van der Waals surface area contributed by atoms with E-state index in [1.165, 1.54) is 0 Å². The summed E-state index contributed by atoms with van der Waals surface area (Å²) in [6.45, 7) is 6.03. The highest BCUT2D eigenvalue weighted by Gasteiger charge is 2.17. The van der Waals surface area contributed by atoms with Crippen LogP contribution in [0.3, 0.4) is 0 Å². The Hall–Kier alpha value is -2.16. The summed E-state index contributed by atoms with van der Waals surface area (Å²) in [5.41, 5.74) is -0.815. The van der Waals surface area contributed by atoms with Crippen molar-refractivity contribution in [3.05, 3.63) is 21.6 Å². The van der Waals surface area contributed by atoms with E-state index < -0.39 is 16.6 Å². The molecule has 0 bridgehead atoms. The smallest absolute Gasteiger partial charge is 0.407 e. The van der Waals surface area contributed by atoms with Gasteiger partial charge in [0.1, 0.15) is 11.8 Å². The van der Waals surface area contributed by atoms with Crippen molar-refractivity contribution in [3.63, 3.8) is 0 Å². The summed E-state index contributed by atoms with van der Waals surface area (Å²) in [7, 11) is 0. The lowest BCUT2D eigenvalue weighted by Crippen LogP contribution is -2.33. The van der Waals surface area contributed by atoms with Crippen LogP contribution >= 0.6 is 11.6 Å². The van der Waals surface area contributed by atoms with Gasteiger partial charge in [-0.1, -0.05) is 0 Å². The molecule has 0 aliphatic heterocycles. The number of nitrogens with zero attached hydrogens (tertiary/aromatic N) is 3. The summed E-state index contributed by atoms with van der Waals surface area (Å²) in [5, 5.41) is 16.1. The second-order valence-corrected chi connectivity index (χ2v) is 5.68. The molecule has 0 unspecified atom stereocenters. The third-order valence-corrected chi connectivity index (χ3v) is 2.43. The van der Waals surface area contributed by atoms with E-state index in [4.69, 9.17) is 16.3 Å². The van der Waals surface area contributed by atoms with Crippen molar-refractivity contribution in [1.82, 2.24) is 15.3 Å². The number of rotatable bonds is 6. The van der Waals surface area contributed by atoms with Crippen molar-refractivity contribution in [3.8, 4) is 0 Å². The Kier molecular flexibility index (Phi) is 6.29. The molecule has 122 valence electrons. The number of nitrogens with one attached hydrogen (secondary N) is 2. The van der Waals surface area contributed by atoms with E-state index >= 15 is 0 Å². The molecule has 9 nitrogen and oxygen atoms in total. The van der Waals surface area contributed by atoms with Gasteiger partial charge in [-0.25, -0.2) is 9.78 Å². The lowest BCUT2D eigenvalue weighted by Gasteiger charge is -2.19. The minimum atomic E-state index is -0.600. The van der Waals surface area contributed by atoms with E-state index in [9.17, 15) is 14.9 Å². The zero-order valence-corrected chi connectivity index (χ0v) is 13.3. The first kappa shape index (κ1) is 17.9. The molecular weight excluding hydrogens is 314 g/mol. The van der Waals surface area contributed by atoms with Gasteiger partial charge in [0.2, 0.25) is 11.1 Å². The summed E-state index contributed by atoms with van der Waals surface area (Å²) in [6.07, 6.45) is 1.05. The van der Waals surface area contributed by atoms with Crippen molar-refractivity contribution < 1.29 is 14.5 Å². The molecule has 1 rings (SSSR count). The molecule has 0 atom stereocenters. The summed E-state index contributed by atoms with van der Waals surface area (Å²) in [5.74, 6) is 0.0438. The van der Waals surface area contributed by atoms with Crippen LogP contribution < -0.4 is 10.6 Å². The SMILES string of the molecule is CC(C)(C)OC(=O)NCCCNc1nc(Cl)ncc1[N+](=O)[O-]. The molecule has 0 spiro atoms. The van der Waals surface area contributed by atoms with Crippen molar-refractivity contribution in [2.45, 2.75) is 32.8 Å². The molecular formula is C12H18ClN5O4. The monoisotopic (exact) mass is 331 g/mol. The van der Waals surface area contributed by atoms with Gasteiger partial charge < -0.3 is 15.4 Å². The van der Waals surface area contributed by atoms with E-state index in [-0.39, 0.29) is 16.8 Å². The fourth-order valence-corrected chi connectivity index (χ4v) is 1.55. The molecule has 0 fully saturated rings. The Morgan fingerprint density at radius 3 is 2.73 bits per heavy atom. The molecule has 1 aromatic heterocycles. The van der Waals surface area contributed by atoms with E-state index in [1.807, 2.05) is 0 Å². The number of nitro groups is 1. The Morgan fingerprint density at radius 2 is 2.14 bits per heavy atom. The fraction of sp³-hybridized carbons (Fsp3) is 0.583. The van der Waals surface area contributed by atoms with Crippen LogP contribution in [0.2, 0.25) is 5.28 Å². The first-order valence-corrected chi connectivity index (χ1v) is 6.94. The standard InChI is InChI=1S/C12H18ClN5O4/c1-12(2,3)22-11(19)15-6-4-5-14-9-8(18(20)21)7-16-10(13)17-9/h7H,4-6H2,1-3H3,(H,15,19)(H,14,16,17). The first-order valence-electron chi connectivity index (χ1n) is 6.56. The van der Waals surface area contributed by atoms with E-state index in [0.29, 0.717) is 19.5 Å². The molecule has 0 aromatic carbocycles. The lowest BCUT2D eigenvalue weighted by molar-refractivity contribution is -0.384. The van der Waals surface area contributed by atoms with E-state index in [0.717, 1.165) is 6.20 Å². The molecule has 0 aliphatic carbocycles. The molecule has 0 aliphatic rings. The summed E-state index contributed by atoms with van der Waals surface area (Å²) < 4.78 is 5.07. The number of hydrogen-bond donors (Lipinski definition) is 2. The number of aromatic nitrogens is 2. The normalized spacial score (nSPS) is 10.9. The Bertz CT molecular complexity index is 547. The fourth-order valence-electron chi connectivity index (χ4n) is 1.42. The lowest BCUT2D eigenvalue weighted by atomic mass is 10.2. The second-order valence-electron chi connectivity index (χ2n) is 5.34. The largest absolute Gasteiger partial charge is 0.444 e. The molecule has 1 aromatic rings. The van der Waals surface area contributed by atoms with Crippen LogP contribution in [-0.2, 0) is 4.74 Å². The number of amides is 1. The highest BCUT2D eigenvalue weighted by atomic mass is 35.5. The molecule has 0 saturated heterocycles. The predicted molar refractivity (Wildman–Crippen MR) is 81.0 cm³/mol. The second kappa shape index (κ2) is 7.74. The topological polar surface area (TPSA) is 119 Å². The maximum Gasteiger partial charge on any atom is 0.407 e. The van der Waals surface area contributed by atoms with Crippen LogP contribution in [0.15, 0.2) is 6.20 Å². The summed E-state index contributed by atoms with van der Waals surface area (Å²) in [6, 6.07) is 0. The average Bonchev–Trinajstić information content (AvgIpc) is 2.35. The van der Waals surface area contributed by atoms with Crippen LogP contribution in [0.4, 0.5) is 16.3 Å². The van der Waals surface area contributed by atoms with Gasteiger partial charge in [0.15, 0.2) is 0 Å². The van der Waals surface area contributed by atoms with Gasteiger partial charge in [-0.3, -0.25) is 10.1 Å². The van der Waals surface area contributed by atoms with Crippen molar-refractivity contribution in [2.75, 3.05) is 18.4 Å². The number of carbonyl (C=O) groups excluding carboxylic acids is 1. The Labute approximate surface area is 132 Å². The molecule has 1 heterocycles. The Balaban J connectivity index is 2.38. The third-order valence-electron chi connectivity index (χ3n) is 2.25. The molecule has 0 saturated carbocycles.